The lowest BCUT2D eigenvalue weighted by atomic mass is 10.0. The minimum Gasteiger partial charge on any atom is -0.325 e. The maximum atomic E-state index is 13.0. The fourth-order valence-corrected chi connectivity index (χ4v) is 3.73. The maximum Gasteiger partial charge on any atom is 0.241 e. The van der Waals surface area contributed by atoms with Crippen LogP contribution in [0.3, 0.4) is 0 Å². The van der Waals surface area contributed by atoms with Gasteiger partial charge in [0.1, 0.15) is 12.2 Å². The fourth-order valence-electron chi connectivity index (χ4n) is 3.73. The number of hydrogen-bond donors (Lipinski definition) is 1. The van der Waals surface area contributed by atoms with E-state index in [9.17, 15) is 4.79 Å². The summed E-state index contributed by atoms with van der Waals surface area (Å²) in [5.74, 6) is 0.896. The summed E-state index contributed by atoms with van der Waals surface area (Å²) in [7, 11) is 0. The molecule has 0 unspecified atom stereocenters. The number of nitrogens with zero attached hydrogens (tertiary/aromatic N) is 7. The topological polar surface area (TPSA) is 102 Å². The number of likely N-dealkylation sites (tertiary alicyclic amines) is 1. The monoisotopic (exact) mass is 406 g/mol. The van der Waals surface area contributed by atoms with E-state index in [0.29, 0.717) is 6.54 Å². The normalized spacial score (nSPS) is 17.0. The van der Waals surface area contributed by atoms with E-state index in [4.69, 9.17) is 0 Å². The summed E-state index contributed by atoms with van der Waals surface area (Å²) in [4.78, 5) is 24.1. The van der Waals surface area contributed by atoms with Gasteiger partial charge in [-0.05, 0) is 60.5 Å². The molecule has 0 bridgehead atoms. The Morgan fingerprint density at radius 2 is 1.97 bits per heavy atom. The third kappa shape index (κ3) is 4.85. The standard InChI is InChI=1S/C21H26N8O/c1-2-5-20-22-12-16(13-23-20)14-28-11-4-3-6-19(28)21(30)25-17-7-9-18(10-8-17)29-15-24-26-27-29/h7-10,12-13,15,19H,2-6,11,14H2,1H3,(H,25,30)/t19-/m0/s1. The second kappa shape index (κ2) is 9.53. The summed E-state index contributed by atoms with van der Waals surface area (Å²) in [6.45, 7) is 3.70. The van der Waals surface area contributed by atoms with Gasteiger partial charge in [-0.2, -0.15) is 0 Å². The highest BCUT2D eigenvalue weighted by atomic mass is 16.2. The molecule has 1 saturated heterocycles. The van der Waals surface area contributed by atoms with Crippen LogP contribution in [0.5, 0.6) is 0 Å². The molecule has 3 aromatic rings. The molecule has 3 heterocycles. The van der Waals surface area contributed by atoms with Crippen LogP contribution in [0.15, 0.2) is 43.0 Å². The third-order valence-corrected chi connectivity index (χ3v) is 5.28. The van der Waals surface area contributed by atoms with E-state index in [1.54, 1.807) is 4.68 Å². The van der Waals surface area contributed by atoms with Gasteiger partial charge < -0.3 is 5.32 Å². The molecule has 2 aromatic heterocycles. The van der Waals surface area contributed by atoms with Crippen molar-refractivity contribution in [1.29, 1.82) is 0 Å². The molecule has 0 spiro atoms. The first-order chi connectivity index (χ1) is 14.7. The number of carbonyl (C=O) groups excluding carboxylic acids is 1. The number of benzene rings is 1. The van der Waals surface area contributed by atoms with Crippen LogP contribution in [-0.2, 0) is 17.8 Å². The average molecular weight is 406 g/mol. The number of rotatable bonds is 7. The highest BCUT2D eigenvalue weighted by molar-refractivity contribution is 5.95. The van der Waals surface area contributed by atoms with Gasteiger partial charge in [0.2, 0.25) is 5.91 Å². The van der Waals surface area contributed by atoms with Gasteiger partial charge in [-0.3, -0.25) is 9.69 Å². The number of anilines is 1. The quantitative estimate of drug-likeness (QED) is 0.643. The molecule has 1 fully saturated rings. The van der Waals surface area contributed by atoms with Gasteiger partial charge in [0, 0.05) is 36.6 Å². The van der Waals surface area contributed by atoms with Crippen LogP contribution in [-0.4, -0.2) is 53.6 Å². The molecule has 9 nitrogen and oxygen atoms in total. The first kappa shape index (κ1) is 20.1. The summed E-state index contributed by atoms with van der Waals surface area (Å²) in [6, 6.07) is 7.32. The number of carbonyl (C=O) groups is 1. The smallest absolute Gasteiger partial charge is 0.241 e. The molecule has 4 rings (SSSR count). The first-order valence-corrected chi connectivity index (χ1v) is 10.4. The van der Waals surface area contributed by atoms with Crippen molar-refractivity contribution < 1.29 is 4.79 Å². The molecule has 1 aliphatic heterocycles. The Balaban J connectivity index is 1.40. The van der Waals surface area contributed by atoms with Crippen molar-refractivity contribution in [3.05, 3.63) is 54.4 Å². The zero-order valence-corrected chi connectivity index (χ0v) is 17.1. The SMILES string of the molecule is CCCc1ncc(CN2CCCC[C@H]2C(=O)Nc2ccc(-n3cnnn3)cc2)cn1. The van der Waals surface area contributed by atoms with Gasteiger partial charge >= 0.3 is 0 Å². The van der Waals surface area contributed by atoms with Crippen molar-refractivity contribution in [1.82, 2.24) is 35.1 Å². The Kier molecular flexibility index (Phi) is 6.38. The highest BCUT2D eigenvalue weighted by Gasteiger charge is 2.28. The van der Waals surface area contributed by atoms with E-state index in [0.717, 1.165) is 61.4 Å². The van der Waals surface area contributed by atoms with E-state index >= 15 is 0 Å². The average Bonchev–Trinajstić information content (AvgIpc) is 3.31. The largest absolute Gasteiger partial charge is 0.325 e. The molecule has 1 N–H and O–H groups in total. The summed E-state index contributed by atoms with van der Waals surface area (Å²) in [5.41, 5.74) is 2.64. The van der Waals surface area contributed by atoms with Crippen molar-refractivity contribution in [2.75, 3.05) is 11.9 Å². The zero-order valence-electron chi connectivity index (χ0n) is 17.1. The number of nitrogens with one attached hydrogen (secondary N) is 1. The minimum atomic E-state index is -0.159. The van der Waals surface area contributed by atoms with Crippen molar-refractivity contribution in [2.24, 2.45) is 0 Å². The predicted molar refractivity (Wildman–Crippen MR) is 112 cm³/mol. The van der Waals surface area contributed by atoms with Gasteiger partial charge in [-0.1, -0.05) is 13.3 Å². The van der Waals surface area contributed by atoms with E-state index in [-0.39, 0.29) is 11.9 Å². The molecular formula is C21H26N8O. The van der Waals surface area contributed by atoms with E-state index in [1.807, 2.05) is 36.7 Å². The second-order valence-electron chi connectivity index (χ2n) is 7.53. The van der Waals surface area contributed by atoms with Gasteiger partial charge in [-0.25, -0.2) is 14.6 Å². The van der Waals surface area contributed by atoms with Crippen LogP contribution in [0.1, 0.15) is 44.0 Å². The van der Waals surface area contributed by atoms with Crippen LogP contribution >= 0.6 is 0 Å². The molecule has 0 saturated carbocycles. The van der Waals surface area contributed by atoms with Crippen LogP contribution in [0.4, 0.5) is 5.69 Å². The van der Waals surface area contributed by atoms with Crippen molar-refractivity contribution in [3.8, 4) is 5.69 Å². The lowest BCUT2D eigenvalue weighted by molar-refractivity contribution is -0.122. The summed E-state index contributed by atoms with van der Waals surface area (Å²) in [5, 5.41) is 14.2. The highest BCUT2D eigenvalue weighted by Crippen LogP contribution is 2.21. The zero-order chi connectivity index (χ0) is 20.8. The van der Waals surface area contributed by atoms with Crippen molar-refractivity contribution >= 4 is 11.6 Å². The Bertz CT molecular complexity index is 940. The molecule has 30 heavy (non-hydrogen) atoms. The lowest BCUT2D eigenvalue weighted by Crippen LogP contribution is -2.46. The van der Waals surface area contributed by atoms with Crippen LogP contribution in [0, 0.1) is 0 Å². The summed E-state index contributed by atoms with van der Waals surface area (Å²) in [6.07, 6.45) is 10.2. The molecule has 0 aliphatic carbocycles. The van der Waals surface area contributed by atoms with Crippen molar-refractivity contribution in [2.45, 2.75) is 51.6 Å². The molecular weight excluding hydrogens is 380 g/mol. The number of amides is 1. The number of piperidine rings is 1. The van der Waals surface area contributed by atoms with E-state index in [2.05, 4.69) is 42.6 Å². The third-order valence-electron chi connectivity index (χ3n) is 5.28. The predicted octanol–water partition coefficient (Wildman–Crippen LogP) is 2.40. The molecule has 1 amide bonds. The number of aromatic nitrogens is 6. The number of aryl methyl sites for hydroxylation is 1. The molecule has 1 aromatic carbocycles. The first-order valence-electron chi connectivity index (χ1n) is 10.4. The fraction of sp³-hybridized carbons (Fsp3) is 0.429. The van der Waals surface area contributed by atoms with Gasteiger partial charge in [-0.15, -0.1) is 5.10 Å². The Morgan fingerprint density at radius 3 is 2.67 bits per heavy atom. The molecule has 9 heteroatoms. The Morgan fingerprint density at radius 1 is 1.17 bits per heavy atom. The lowest BCUT2D eigenvalue weighted by Gasteiger charge is -2.34. The van der Waals surface area contributed by atoms with Gasteiger partial charge in [0.05, 0.1) is 11.7 Å². The summed E-state index contributed by atoms with van der Waals surface area (Å²) < 4.78 is 1.57. The maximum absolute atomic E-state index is 13.0. The Hall–Kier alpha value is -3.20. The van der Waals surface area contributed by atoms with E-state index in [1.165, 1.54) is 6.33 Å². The van der Waals surface area contributed by atoms with Crippen LogP contribution < -0.4 is 5.32 Å². The summed E-state index contributed by atoms with van der Waals surface area (Å²) >= 11 is 0. The van der Waals surface area contributed by atoms with Crippen molar-refractivity contribution in [3.63, 3.8) is 0 Å². The number of tetrazole rings is 1. The molecule has 1 atom stereocenters. The molecule has 156 valence electrons. The second-order valence-corrected chi connectivity index (χ2v) is 7.53. The van der Waals surface area contributed by atoms with Crippen LogP contribution in [0.2, 0.25) is 0 Å². The van der Waals surface area contributed by atoms with Gasteiger partial charge in [0.15, 0.2) is 0 Å². The van der Waals surface area contributed by atoms with Gasteiger partial charge in [0.25, 0.3) is 0 Å². The molecule has 0 radical (unpaired) electrons. The minimum absolute atomic E-state index is 0.0217. The molecule has 1 aliphatic rings. The van der Waals surface area contributed by atoms with Crippen LogP contribution in [0.25, 0.3) is 5.69 Å². The number of hydrogen-bond acceptors (Lipinski definition) is 7. The van der Waals surface area contributed by atoms with E-state index < -0.39 is 0 Å². The Labute approximate surface area is 175 Å².